The highest BCUT2D eigenvalue weighted by molar-refractivity contribution is 7.89. The third-order valence-corrected chi connectivity index (χ3v) is 4.20. The third kappa shape index (κ3) is 3.48. The van der Waals surface area contributed by atoms with Crippen molar-refractivity contribution >= 4 is 10.0 Å². The molecule has 0 amide bonds. The van der Waals surface area contributed by atoms with Crippen molar-refractivity contribution in [2.24, 2.45) is 5.73 Å². The Balaban J connectivity index is 2.20. The van der Waals surface area contributed by atoms with Gasteiger partial charge in [-0.05, 0) is 18.9 Å². The summed E-state index contributed by atoms with van der Waals surface area (Å²) >= 11 is 0. The van der Waals surface area contributed by atoms with Crippen LogP contribution in [0.2, 0.25) is 0 Å². The third-order valence-electron chi connectivity index (χ3n) is 2.83. The summed E-state index contributed by atoms with van der Waals surface area (Å²) < 4.78 is 62.8. The van der Waals surface area contributed by atoms with Crippen LogP contribution in [-0.2, 0) is 16.6 Å². The van der Waals surface area contributed by atoms with E-state index in [4.69, 9.17) is 5.73 Å². The molecule has 1 aliphatic rings. The van der Waals surface area contributed by atoms with Gasteiger partial charge in [0.05, 0.1) is 4.90 Å². The van der Waals surface area contributed by atoms with E-state index in [1.807, 2.05) is 0 Å². The quantitative estimate of drug-likeness (QED) is 0.855. The van der Waals surface area contributed by atoms with E-state index in [0.717, 1.165) is 12.8 Å². The monoisotopic (exact) mass is 297 g/mol. The Morgan fingerprint density at radius 3 is 2.53 bits per heavy atom. The van der Waals surface area contributed by atoms with Crippen molar-refractivity contribution < 1.29 is 21.6 Å². The molecule has 1 heterocycles. The van der Waals surface area contributed by atoms with Gasteiger partial charge in [0, 0.05) is 24.5 Å². The van der Waals surface area contributed by atoms with Gasteiger partial charge in [-0.15, -0.1) is 0 Å². The van der Waals surface area contributed by atoms with E-state index in [2.05, 4.69) is 0 Å². The van der Waals surface area contributed by atoms with Gasteiger partial charge < -0.3 is 10.3 Å². The predicted molar refractivity (Wildman–Crippen MR) is 61.8 cm³/mol. The molecule has 1 aromatic rings. The second-order valence-electron chi connectivity index (χ2n) is 4.45. The van der Waals surface area contributed by atoms with Crippen LogP contribution in [-0.4, -0.2) is 25.7 Å². The van der Waals surface area contributed by atoms with Crippen LogP contribution in [0.4, 0.5) is 13.2 Å². The van der Waals surface area contributed by atoms with Crippen LogP contribution < -0.4 is 10.5 Å². The Kier molecular flexibility index (Phi) is 3.63. The van der Waals surface area contributed by atoms with E-state index in [1.165, 1.54) is 17.0 Å². The maximum atomic E-state index is 12.0. The highest BCUT2D eigenvalue weighted by Gasteiger charge is 2.32. The van der Waals surface area contributed by atoms with Crippen LogP contribution in [0, 0.1) is 0 Å². The lowest BCUT2D eigenvalue weighted by atomic mass is 10.4. The van der Waals surface area contributed by atoms with E-state index in [0.29, 0.717) is 5.69 Å². The van der Waals surface area contributed by atoms with Gasteiger partial charge in [0.2, 0.25) is 10.0 Å². The zero-order chi connectivity index (χ0) is 14.3. The fourth-order valence-electron chi connectivity index (χ4n) is 1.76. The molecule has 9 heteroatoms. The van der Waals surface area contributed by atoms with E-state index < -0.39 is 22.7 Å². The van der Waals surface area contributed by atoms with Gasteiger partial charge in [0.1, 0.15) is 6.54 Å². The molecule has 5 nitrogen and oxygen atoms in total. The maximum Gasteiger partial charge on any atom is 0.402 e. The molecule has 19 heavy (non-hydrogen) atoms. The molecule has 0 unspecified atom stereocenters. The number of hydrogen-bond donors (Lipinski definition) is 2. The first-order chi connectivity index (χ1) is 8.73. The molecule has 0 atom stereocenters. The van der Waals surface area contributed by atoms with Crippen molar-refractivity contribution in [1.29, 1.82) is 0 Å². The molecule has 1 aliphatic carbocycles. The predicted octanol–water partition coefficient (Wildman–Crippen LogP) is 1.12. The minimum Gasteiger partial charge on any atom is -0.346 e. The Bertz CT molecular complexity index is 561. The molecule has 1 aromatic heterocycles. The summed E-state index contributed by atoms with van der Waals surface area (Å²) in [6, 6.07) is 1.53. The number of nitrogens with one attached hydrogen (secondary N) is 1. The average molecular weight is 297 g/mol. The molecule has 0 saturated heterocycles. The van der Waals surface area contributed by atoms with Gasteiger partial charge in [0.25, 0.3) is 0 Å². The molecule has 3 N–H and O–H groups in total. The zero-order valence-corrected chi connectivity index (χ0v) is 10.8. The summed E-state index contributed by atoms with van der Waals surface area (Å²) in [5.41, 5.74) is 6.11. The summed E-state index contributed by atoms with van der Waals surface area (Å²) in [6.07, 6.45) is -1.38. The smallest absolute Gasteiger partial charge is 0.346 e. The topological polar surface area (TPSA) is 77.1 Å². The van der Waals surface area contributed by atoms with Crippen molar-refractivity contribution in [1.82, 2.24) is 9.29 Å². The van der Waals surface area contributed by atoms with E-state index >= 15 is 0 Å². The molecule has 0 aromatic carbocycles. The fourth-order valence-corrected chi connectivity index (χ4v) is 2.82. The number of hydrogen-bond acceptors (Lipinski definition) is 3. The summed E-state index contributed by atoms with van der Waals surface area (Å²) in [7, 11) is -4.16. The molecule has 0 bridgehead atoms. The number of alkyl halides is 3. The van der Waals surface area contributed by atoms with Crippen LogP contribution in [0.5, 0.6) is 0 Å². The first-order valence-corrected chi connectivity index (χ1v) is 7.18. The summed E-state index contributed by atoms with van der Waals surface area (Å²) in [6.45, 7) is -1.44. The Labute approximate surface area is 108 Å². The number of rotatable bonds is 5. The van der Waals surface area contributed by atoms with Crippen molar-refractivity contribution in [2.45, 2.75) is 36.5 Å². The van der Waals surface area contributed by atoms with Crippen LogP contribution in [0.25, 0.3) is 0 Å². The Morgan fingerprint density at radius 1 is 1.42 bits per heavy atom. The highest BCUT2D eigenvalue weighted by Crippen LogP contribution is 2.37. The molecular formula is C10H14F3N3O2S. The first-order valence-electron chi connectivity index (χ1n) is 5.70. The summed E-state index contributed by atoms with van der Waals surface area (Å²) in [4.78, 5) is -0.177. The minimum atomic E-state index is -4.58. The zero-order valence-electron chi connectivity index (χ0n) is 9.94. The maximum absolute atomic E-state index is 12.0. The lowest BCUT2D eigenvalue weighted by Crippen LogP contribution is -2.33. The SMILES string of the molecule is NCc1cc(S(=O)(=O)NCC(F)(F)F)cn1C1CC1. The Morgan fingerprint density at radius 2 is 2.05 bits per heavy atom. The van der Waals surface area contributed by atoms with Gasteiger partial charge in [-0.2, -0.15) is 13.2 Å². The number of nitrogens with two attached hydrogens (primary N) is 1. The van der Waals surface area contributed by atoms with Crippen LogP contribution in [0.1, 0.15) is 24.6 Å². The van der Waals surface area contributed by atoms with Crippen molar-refractivity contribution in [3.05, 3.63) is 18.0 Å². The molecule has 0 aliphatic heterocycles. The number of aromatic nitrogens is 1. The van der Waals surface area contributed by atoms with Crippen LogP contribution >= 0.6 is 0 Å². The number of halogens is 3. The molecule has 2 rings (SSSR count). The highest BCUT2D eigenvalue weighted by atomic mass is 32.2. The van der Waals surface area contributed by atoms with Crippen LogP contribution in [0.3, 0.4) is 0 Å². The lowest BCUT2D eigenvalue weighted by molar-refractivity contribution is -0.121. The molecule has 108 valence electrons. The minimum absolute atomic E-state index is 0.144. The van der Waals surface area contributed by atoms with Gasteiger partial charge in [-0.3, -0.25) is 0 Å². The standard InChI is InChI=1S/C10H14F3N3O2S/c11-10(12,13)6-15-19(17,18)9-3-8(4-14)16(5-9)7-1-2-7/h3,5,7,15H,1-2,4,6,14H2. The van der Waals surface area contributed by atoms with Crippen molar-refractivity contribution in [2.75, 3.05) is 6.54 Å². The van der Waals surface area contributed by atoms with Crippen molar-refractivity contribution in [3.63, 3.8) is 0 Å². The summed E-state index contributed by atoms with van der Waals surface area (Å²) in [5.74, 6) is 0. The van der Waals surface area contributed by atoms with Gasteiger partial charge in [-0.1, -0.05) is 0 Å². The largest absolute Gasteiger partial charge is 0.402 e. The molecule has 0 spiro atoms. The van der Waals surface area contributed by atoms with Gasteiger partial charge in [0.15, 0.2) is 0 Å². The second-order valence-corrected chi connectivity index (χ2v) is 6.22. The lowest BCUT2D eigenvalue weighted by Gasteiger charge is -2.07. The van der Waals surface area contributed by atoms with E-state index in [-0.39, 0.29) is 17.5 Å². The molecule has 1 fully saturated rings. The van der Waals surface area contributed by atoms with Crippen molar-refractivity contribution in [3.8, 4) is 0 Å². The van der Waals surface area contributed by atoms with Crippen LogP contribution in [0.15, 0.2) is 17.2 Å². The van der Waals surface area contributed by atoms with E-state index in [1.54, 1.807) is 4.57 Å². The summed E-state index contributed by atoms with van der Waals surface area (Å²) in [5, 5.41) is 0. The van der Waals surface area contributed by atoms with E-state index in [9.17, 15) is 21.6 Å². The molecular weight excluding hydrogens is 283 g/mol. The van der Waals surface area contributed by atoms with Gasteiger partial charge in [-0.25, -0.2) is 13.1 Å². The fraction of sp³-hybridized carbons (Fsp3) is 0.600. The van der Waals surface area contributed by atoms with Gasteiger partial charge >= 0.3 is 6.18 Å². The average Bonchev–Trinajstić information content (AvgIpc) is 3.05. The Hall–Kier alpha value is -1.06. The first kappa shape index (κ1) is 14.4. The molecule has 1 saturated carbocycles. The normalized spacial score (nSPS) is 16.8. The second kappa shape index (κ2) is 4.80. The molecule has 0 radical (unpaired) electrons. The number of sulfonamides is 1. The number of nitrogens with zero attached hydrogens (tertiary/aromatic N) is 1.